The van der Waals surface area contributed by atoms with Crippen LogP contribution in [0, 0.1) is 5.92 Å². The molecule has 4 rings (SSSR count). The molecule has 0 saturated carbocycles. The number of fused-ring (bicyclic) bond motifs is 2. The first-order chi connectivity index (χ1) is 14.3. The van der Waals surface area contributed by atoms with Gasteiger partial charge in [0.05, 0.1) is 12.6 Å². The van der Waals surface area contributed by atoms with Crippen molar-refractivity contribution in [3.63, 3.8) is 0 Å². The summed E-state index contributed by atoms with van der Waals surface area (Å²) in [6, 6.07) is -0.153. The molecule has 0 spiro atoms. The lowest BCUT2D eigenvalue weighted by molar-refractivity contribution is -0.139. The molecular formula is C16H24N6O7S. The van der Waals surface area contributed by atoms with Gasteiger partial charge < -0.3 is 10.2 Å². The number of carbonyl (C=O) groups excluding carboxylic acids is 2. The molecule has 0 aromatic carbocycles. The van der Waals surface area contributed by atoms with E-state index in [9.17, 15) is 18.0 Å². The number of piperidine rings is 1. The van der Waals surface area contributed by atoms with Gasteiger partial charge in [-0.25, -0.2) is 10.3 Å². The molecule has 2 unspecified atom stereocenters. The molecule has 14 heteroatoms. The van der Waals surface area contributed by atoms with Crippen molar-refractivity contribution in [1.82, 2.24) is 30.5 Å². The van der Waals surface area contributed by atoms with Crippen molar-refractivity contribution in [3.05, 3.63) is 18.5 Å². The van der Waals surface area contributed by atoms with Crippen LogP contribution in [0.4, 0.5) is 4.79 Å². The standard InChI is InChI=1S/C16H24N6O7S/c23-15(14-3-2-13-9-21(14)16(24)22(13)29-30(25,26)27)19-28-10-12-6-11(7-17-12)8-20-5-1-4-18-20/h1,4-5,11-14,17H,2-3,6-10H2,(H,19,23)(H,25,26,27)/t11-,12-,13?,14?/m0/s1. The summed E-state index contributed by atoms with van der Waals surface area (Å²) in [6.45, 7) is 2.05. The molecule has 0 radical (unpaired) electrons. The van der Waals surface area contributed by atoms with Gasteiger partial charge in [-0.2, -0.15) is 18.6 Å². The number of nitrogens with one attached hydrogen (secondary N) is 2. The molecule has 0 aliphatic carbocycles. The van der Waals surface area contributed by atoms with Gasteiger partial charge in [-0.05, 0) is 31.2 Å². The summed E-state index contributed by atoms with van der Waals surface area (Å²) >= 11 is 0. The van der Waals surface area contributed by atoms with Crippen LogP contribution >= 0.6 is 0 Å². The van der Waals surface area contributed by atoms with Gasteiger partial charge in [0, 0.05) is 38.1 Å². The Kier molecular flexibility index (Phi) is 5.92. The summed E-state index contributed by atoms with van der Waals surface area (Å²) in [6.07, 6.45) is 5.22. The topological polar surface area (TPSA) is 155 Å². The van der Waals surface area contributed by atoms with E-state index in [1.165, 1.54) is 4.90 Å². The first kappa shape index (κ1) is 21.0. The van der Waals surface area contributed by atoms with E-state index in [1.54, 1.807) is 6.20 Å². The SMILES string of the molecule is O=C(NOC[C@@H]1C[C@H](Cn2cccn2)CN1)C1CCC2CN1C(=O)N2OS(=O)(=O)O. The summed E-state index contributed by atoms with van der Waals surface area (Å²) in [5.41, 5.74) is 2.39. The number of hydrogen-bond acceptors (Lipinski definition) is 8. The zero-order valence-corrected chi connectivity index (χ0v) is 16.9. The van der Waals surface area contributed by atoms with Crippen molar-refractivity contribution in [2.45, 2.75) is 43.9 Å². The van der Waals surface area contributed by atoms with Gasteiger partial charge >= 0.3 is 16.4 Å². The van der Waals surface area contributed by atoms with Crippen LogP contribution < -0.4 is 10.8 Å². The van der Waals surface area contributed by atoms with Gasteiger partial charge in [-0.15, -0.1) is 4.28 Å². The van der Waals surface area contributed by atoms with E-state index < -0.39 is 34.4 Å². The Labute approximate surface area is 173 Å². The molecule has 3 saturated heterocycles. The summed E-state index contributed by atoms with van der Waals surface area (Å²) in [7, 11) is -4.82. The lowest BCUT2D eigenvalue weighted by Gasteiger charge is -2.29. The predicted octanol–water partition coefficient (Wildman–Crippen LogP) is -1.09. The quantitative estimate of drug-likeness (QED) is 0.335. The summed E-state index contributed by atoms with van der Waals surface area (Å²) in [5, 5.41) is 8.15. The van der Waals surface area contributed by atoms with Crippen LogP contribution in [0.25, 0.3) is 0 Å². The van der Waals surface area contributed by atoms with Crippen molar-refractivity contribution in [1.29, 1.82) is 0 Å². The molecule has 4 atom stereocenters. The molecule has 1 aromatic heterocycles. The largest absolute Gasteiger partial charge is 0.418 e. The molecule has 30 heavy (non-hydrogen) atoms. The number of carbonyl (C=O) groups is 2. The fourth-order valence-corrected chi connectivity index (χ4v) is 4.62. The first-order valence-electron chi connectivity index (χ1n) is 9.69. The average molecular weight is 444 g/mol. The van der Waals surface area contributed by atoms with Crippen LogP contribution in [0.5, 0.6) is 0 Å². The van der Waals surface area contributed by atoms with Crippen LogP contribution in [0.3, 0.4) is 0 Å². The van der Waals surface area contributed by atoms with E-state index in [4.69, 9.17) is 9.39 Å². The molecule has 2 bridgehead atoms. The van der Waals surface area contributed by atoms with Crippen LogP contribution in [-0.2, 0) is 30.9 Å². The highest BCUT2D eigenvalue weighted by atomic mass is 32.3. The van der Waals surface area contributed by atoms with E-state index in [-0.39, 0.29) is 19.2 Å². The highest BCUT2D eigenvalue weighted by molar-refractivity contribution is 7.80. The Morgan fingerprint density at radius 2 is 2.23 bits per heavy atom. The molecule has 3 aliphatic heterocycles. The van der Waals surface area contributed by atoms with Crippen LogP contribution in [0.2, 0.25) is 0 Å². The van der Waals surface area contributed by atoms with Crippen molar-refractivity contribution in [3.8, 4) is 0 Å². The lowest BCUT2D eigenvalue weighted by Crippen LogP contribution is -2.50. The van der Waals surface area contributed by atoms with E-state index >= 15 is 0 Å². The molecule has 3 N–H and O–H groups in total. The lowest BCUT2D eigenvalue weighted by atomic mass is 10.0. The zero-order valence-electron chi connectivity index (χ0n) is 16.1. The maximum atomic E-state index is 12.5. The molecule has 166 valence electrons. The highest BCUT2D eigenvalue weighted by Gasteiger charge is 2.49. The second kappa shape index (κ2) is 8.47. The highest BCUT2D eigenvalue weighted by Crippen LogP contribution is 2.30. The minimum atomic E-state index is -4.82. The second-order valence-corrected chi connectivity index (χ2v) is 8.73. The van der Waals surface area contributed by atoms with Gasteiger partial charge in [-0.3, -0.25) is 18.9 Å². The Morgan fingerprint density at radius 1 is 1.40 bits per heavy atom. The number of nitrogens with zero attached hydrogens (tertiary/aromatic N) is 4. The molecular weight excluding hydrogens is 420 g/mol. The predicted molar refractivity (Wildman–Crippen MR) is 99.6 cm³/mol. The van der Waals surface area contributed by atoms with E-state index in [0.29, 0.717) is 23.8 Å². The maximum Gasteiger partial charge on any atom is 0.418 e. The van der Waals surface area contributed by atoms with Gasteiger partial charge in [0.15, 0.2) is 0 Å². The van der Waals surface area contributed by atoms with E-state index in [0.717, 1.165) is 19.5 Å². The smallest absolute Gasteiger partial charge is 0.311 e. The van der Waals surface area contributed by atoms with Gasteiger partial charge in [-0.1, -0.05) is 0 Å². The Balaban J connectivity index is 1.22. The molecule has 3 aliphatic rings. The average Bonchev–Trinajstić information content (AvgIpc) is 3.40. The van der Waals surface area contributed by atoms with Crippen LogP contribution in [0.1, 0.15) is 19.3 Å². The zero-order chi connectivity index (χ0) is 21.3. The van der Waals surface area contributed by atoms with E-state index in [2.05, 4.69) is 20.2 Å². The Hall–Kier alpha value is -2.26. The molecule has 1 aromatic rings. The van der Waals surface area contributed by atoms with Crippen LogP contribution in [0.15, 0.2) is 18.5 Å². The minimum absolute atomic E-state index is 0.0914. The normalized spacial score (nSPS) is 28.9. The number of hydroxylamine groups is 3. The van der Waals surface area contributed by atoms with Gasteiger partial charge in [0.2, 0.25) is 0 Å². The number of aromatic nitrogens is 2. The van der Waals surface area contributed by atoms with Gasteiger partial charge in [0.25, 0.3) is 5.91 Å². The Bertz CT molecular complexity index is 879. The minimum Gasteiger partial charge on any atom is -0.311 e. The van der Waals surface area contributed by atoms with Crippen molar-refractivity contribution in [2.24, 2.45) is 5.92 Å². The fraction of sp³-hybridized carbons (Fsp3) is 0.688. The van der Waals surface area contributed by atoms with Crippen LogP contribution in [-0.4, -0.2) is 82.5 Å². The number of amides is 3. The summed E-state index contributed by atoms with van der Waals surface area (Å²) in [4.78, 5) is 31.4. The summed E-state index contributed by atoms with van der Waals surface area (Å²) in [5.74, 6) is -0.0675. The monoisotopic (exact) mass is 444 g/mol. The van der Waals surface area contributed by atoms with Gasteiger partial charge in [0.1, 0.15) is 6.04 Å². The first-order valence-corrected chi connectivity index (χ1v) is 11.1. The molecule has 13 nitrogen and oxygen atoms in total. The molecule has 3 fully saturated rings. The fourth-order valence-electron chi connectivity index (χ4n) is 4.23. The molecule has 4 heterocycles. The third kappa shape index (κ3) is 4.73. The maximum absolute atomic E-state index is 12.5. The third-order valence-corrected chi connectivity index (χ3v) is 5.92. The molecule has 3 amide bonds. The van der Waals surface area contributed by atoms with Crippen molar-refractivity contribution >= 4 is 22.3 Å². The Morgan fingerprint density at radius 3 is 2.97 bits per heavy atom. The van der Waals surface area contributed by atoms with Crippen molar-refractivity contribution < 1.29 is 31.7 Å². The summed E-state index contributed by atoms with van der Waals surface area (Å²) < 4.78 is 36.9. The second-order valence-electron chi connectivity index (χ2n) is 7.72. The van der Waals surface area contributed by atoms with E-state index in [1.807, 2.05) is 16.9 Å². The third-order valence-electron chi connectivity index (χ3n) is 5.57. The number of urea groups is 1. The number of rotatable bonds is 8. The van der Waals surface area contributed by atoms with Crippen molar-refractivity contribution in [2.75, 3.05) is 19.7 Å². The number of hydrogen-bond donors (Lipinski definition) is 3.